The molecule has 1 atom stereocenters. The number of fused-ring (bicyclic) bond motifs is 5. The van der Waals surface area contributed by atoms with Crippen molar-refractivity contribution in [3.63, 3.8) is 0 Å². The molecule has 0 radical (unpaired) electrons. The Balaban J connectivity index is 1.25. The van der Waals surface area contributed by atoms with Crippen molar-refractivity contribution < 1.29 is 4.42 Å². The van der Waals surface area contributed by atoms with Gasteiger partial charge in [-0.15, -0.1) is 0 Å². The van der Waals surface area contributed by atoms with E-state index in [1.54, 1.807) is 0 Å². The fourth-order valence-electron chi connectivity index (χ4n) is 6.82. The first kappa shape index (κ1) is 26.5. The minimum Gasteiger partial charge on any atom is -0.456 e. The molecular weight excluding hydrogens is 562 g/mol. The molecule has 46 heavy (non-hydrogen) atoms. The first-order valence-electron chi connectivity index (χ1n) is 15.7. The molecule has 5 aromatic carbocycles. The van der Waals surface area contributed by atoms with E-state index >= 15 is 0 Å². The fourth-order valence-corrected chi connectivity index (χ4v) is 6.82. The van der Waals surface area contributed by atoms with Crippen LogP contribution in [-0.4, -0.2) is 15.0 Å². The number of hydrogen-bond donors (Lipinski definition) is 0. The third-order valence-corrected chi connectivity index (χ3v) is 9.33. The van der Waals surface area contributed by atoms with Gasteiger partial charge in [0.15, 0.2) is 17.5 Å². The van der Waals surface area contributed by atoms with Crippen LogP contribution in [0.3, 0.4) is 0 Å². The zero-order valence-electron chi connectivity index (χ0n) is 25.3. The summed E-state index contributed by atoms with van der Waals surface area (Å²) in [5.41, 5.74) is 8.09. The average molecular weight is 592 g/mol. The first-order chi connectivity index (χ1) is 22.6. The van der Waals surface area contributed by atoms with E-state index in [1.807, 2.05) is 42.5 Å². The highest BCUT2D eigenvalue weighted by Gasteiger charge is 2.29. The molecular formula is C42H29N3O. The van der Waals surface area contributed by atoms with E-state index in [1.165, 1.54) is 21.9 Å². The molecule has 9 rings (SSSR count). The molecule has 0 spiro atoms. The lowest BCUT2D eigenvalue weighted by atomic mass is 9.73. The normalized spacial score (nSPS) is 17.3. The highest BCUT2D eigenvalue weighted by molar-refractivity contribution is 6.13. The summed E-state index contributed by atoms with van der Waals surface area (Å²) in [7, 11) is 0. The van der Waals surface area contributed by atoms with Gasteiger partial charge in [0.25, 0.3) is 0 Å². The van der Waals surface area contributed by atoms with Gasteiger partial charge in [0.1, 0.15) is 11.2 Å². The summed E-state index contributed by atoms with van der Waals surface area (Å²) in [6.07, 6.45) is 14.1. The van der Waals surface area contributed by atoms with E-state index in [4.69, 9.17) is 19.4 Å². The van der Waals surface area contributed by atoms with Crippen molar-refractivity contribution in [1.29, 1.82) is 0 Å². The van der Waals surface area contributed by atoms with Crippen LogP contribution in [0.1, 0.15) is 19.2 Å². The minimum atomic E-state index is -0.0144. The van der Waals surface area contributed by atoms with Crippen LogP contribution < -0.4 is 0 Å². The van der Waals surface area contributed by atoms with Gasteiger partial charge in [-0.2, -0.15) is 0 Å². The summed E-state index contributed by atoms with van der Waals surface area (Å²) in [6.45, 7) is 2.28. The van der Waals surface area contributed by atoms with Gasteiger partial charge in [-0.25, -0.2) is 15.0 Å². The average Bonchev–Trinajstić information content (AvgIpc) is 3.49. The monoisotopic (exact) mass is 591 g/mol. The Morgan fingerprint density at radius 2 is 1.41 bits per heavy atom. The summed E-state index contributed by atoms with van der Waals surface area (Å²) in [4.78, 5) is 15.3. The van der Waals surface area contributed by atoms with Gasteiger partial charge in [-0.1, -0.05) is 128 Å². The molecule has 0 saturated carbocycles. The molecule has 0 bridgehead atoms. The van der Waals surface area contributed by atoms with Crippen LogP contribution in [0.15, 0.2) is 156 Å². The second-order valence-corrected chi connectivity index (χ2v) is 12.3. The van der Waals surface area contributed by atoms with Crippen LogP contribution in [0.25, 0.3) is 72.2 Å². The maximum absolute atomic E-state index is 6.42. The summed E-state index contributed by atoms with van der Waals surface area (Å²) in [5.74, 6) is 1.94. The van der Waals surface area contributed by atoms with E-state index < -0.39 is 0 Å². The van der Waals surface area contributed by atoms with Gasteiger partial charge < -0.3 is 4.42 Å². The molecule has 2 aliphatic carbocycles. The molecule has 0 N–H and O–H groups in total. The summed E-state index contributed by atoms with van der Waals surface area (Å²) >= 11 is 0. The predicted octanol–water partition coefficient (Wildman–Crippen LogP) is 10.8. The molecule has 2 aliphatic rings. The molecule has 0 fully saturated rings. The summed E-state index contributed by atoms with van der Waals surface area (Å²) < 4.78 is 6.42. The molecule has 4 heteroatoms. The lowest BCUT2D eigenvalue weighted by molar-refractivity contribution is 0.528. The highest BCUT2D eigenvalue weighted by atomic mass is 16.3. The Labute approximate surface area is 266 Å². The van der Waals surface area contributed by atoms with Crippen molar-refractivity contribution >= 4 is 38.3 Å². The Kier molecular flexibility index (Phi) is 5.97. The van der Waals surface area contributed by atoms with Gasteiger partial charge in [-0.05, 0) is 58.2 Å². The fraction of sp³-hybridized carbons (Fsp3) is 0.0714. The minimum absolute atomic E-state index is 0.0144. The van der Waals surface area contributed by atoms with Crippen LogP contribution in [0.4, 0.5) is 0 Å². The Hall–Kier alpha value is -5.87. The van der Waals surface area contributed by atoms with Crippen molar-refractivity contribution in [3.8, 4) is 33.9 Å². The second kappa shape index (κ2) is 10.4. The van der Waals surface area contributed by atoms with Crippen molar-refractivity contribution in [1.82, 2.24) is 15.0 Å². The topological polar surface area (TPSA) is 51.8 Å². The zero-order chi connectivity index (χ0) is 30.7. The molecule has 1 unspecified atom stereocenters. The van der Waals surface area contributed by atoms with E-state index in [-0.39, 0.29) is 5.41 Å². The van der Waals surface area contributed by atoms with E-state index in [9.17, 15) is 0 Å². The number of hydrogen-bond acceptors (Lipinski definition) is 4. The molecule has 0 aliphatic heterocycles. The Bertz CT molecular complexity index is 2460. The van der Waals surface area contributed by atoms with Crippen LogP contribution in [0.5, 0.6) is 0 Å². The van der Waals surface area contributed by atoms with E-state index in [0.29, 0.717) is 17.5 Å². The number of allylic oxidation sites excluding steroid dienone is 8. The Morgan fingerprint density at radius 1 is 0.630 bits per heavy atom. The number of furan rings is 1. The van der Waals surface area contributed by atoms with Crippen molar-refractivity contribution in [3.05, 3.63) is 157 Å². The highest BCUT2D eigenvalue weighted by Crippen LogP contribution is 2.43. The molecule has 2 aromatic heterocycles. The van der Waals surface area contributed by atoms with Crippen LogP contribution >= 0.6 is 0 Å². The summed E-state index contributed by atoms with van der Waals surface area (Å²) in [5, 5.41) is 4.48. The number of aromatic nitrogens is 3. The quantitative estimate of drug-likeness (QED) is 0.204. The maximum Gasteiger partial charge on any atom is 0.164 e. The Morgan fingerprint density at radius 3 is 2.35 bits per heavy atom. The van der Waals surface area contributed by atoms with Crippen LogP contribution in [0.2, 0.25) is 0 Å². The number of rotatable bonds is 4. The molecule has 4 nitrogen and oxygen atoms in total. The van der Waals surface area contributed by atoms with Gasteiger partial charge in [0, 0.05) is 32.9 Å². The van der Waals surface area contributed by atoms with Gasteiger partial charge >= 0.3 is 0 Å². The van der Waals surface area contributed by atoms with E-state index in [0.717, 1.165) is 50.6 Å². The van der Waals surface area contributed by atoms with Crippen molar-refractivity contribution in [2.24, 2.45) is 5.41 Å². The second-order valence-electron chi connectivity index (χ2n) is 12.3. The molecule has 218 valence electrons. The van der Waals surface area contributed by atoms with Gasteiger partial charge in [0.2, 0.25) is 0 Å². The van der Waals surface area contributed by atoms with Crippen LogP contribution in [0, 0.1) is 5.41 Å². The lowest BCUT2D eigenvalue weighted by Gasteiger charge is -2.31. The molecule has 0 saturated heterocycles. The standard InChI is InChI=1S/C42H29N3O/c1-42-23-8-7-15-31(42)25-30(22-24-42)40-43-39(28-12-3-2-4-13-28)44-41(45-40)34-18-10-19-37-38(34)35-26-29(20-21-36(35)46-37)33-17-9-14-27-11-5-6-16-32(27)33/h2-23,25-26H,24H2,1H3. The number of nitrogens with zero attached hydrogens (tertiary/aromatic N) is 3. The van der Waals surface area contributed by atoms with E-state index in [2.05, 4.69) is 110 Å². The number of benzene rings is 5. The van der Waals surface area contributed by atoms with Crippen LogP contribution in [-0.2, 0) is 0 Å². The SMILES string of the molecule is CC12C=CC=CC1=CC(c1nc(-c3ccccc3)nc(-c3cccc4oc5ccc(-c6cccc7ccccc67)cc5c34)n1)=CC2. The largest absolute Gasteiger partial charge is 0.456 e. The van der Waals surface area contributed by atoms with Crippen molar-refractivity contribution in [2.75, 3.05) is 0 Å². The third kappa shape index (κ3) is 4.33. The maximum atomic E-state index is 6.42. The lowest BCUT2D eigenvalue weighted by Crippen LogP contribution is -2.19. The summed E-state index contributed by atoms with van der Waals surface area (Å²) in [6, 6.07) is 37.7. The molecule has 2 heterocycles. The van der Waals surface area contributed by atoms with Gasteiger partial charge in [-0.3, -0.25) is 0 Å². The zero-order valence-corrected chi connectivity index (χ0v) is 25.3. The first-order valence-corrected chi connectivity index (χ1v) is 15.7. The van der Waals surface area contributed by atoms with Crippen molar-refractivity contribution in [2.45, 2.75) is 13.3 Å². The third-order valence-electron chi connectivity index (χ3n) is 9.33. The predicted molar refractivity (Wildman–Crippen MR) is 188 cm³/mol. The molecule has 0 amide bonds. The smallest absolute Gasteiger partial charge is 0.164 e. The van der Waals surface area contributed by atoms with Gasteiger partial charge in [0.05, 0.1) is 0 Å². The molecule has 7 aromatic rings.